The van der Waals surface area contributed by atoms with Gasteiger partial charge < -0.3 is 19.1 Å². The van der Waals surface area contributed by atoms with Crippen LogP contribution in [0.25, 0.3) is 0 Å². The van der Waals surface area contributed by atoms with E-state index in [0.717, 1.165) is 11.3 Å². The van der Waals surface area contributed by atoms with Gasteiger partial charge in [-0.15, -0.1) is 0 Å². The lowest BCUT2D eigenvalue weighted by molar-refractivity contribution is -0.143. The number of carbonyl (C=O) groups excluding carboxylic acids is 2. The average Bonchev–Trinajstić information content (AvgIpc) is 2.55. The monoisotopic (exact) mass is 337 g/mol. The first-order valence-corrected chi connectivity index (χ1v) is 8.22. The second-order valence-electron chi connectivity index (χ2n) is 5.27. The van der Waals surface area contributed by atoms with E-state index < -0.39 is 0 Å². The van der Waals surface area contributed by atoms with Crippen LogP contribution in [-0.4, -0.2) is 45.4 Å². The lowest BCUT2D eigenvalue weighted by atomic mass is 10.1. The van der Waals surface area contributed by atoms with Crippen LogP contribution in [0.15, 0.2) is 18.2 Å². The highest BCUT2D eigenvalue weighted by Crippen LogP contribution is 2.29. The van der Waals surface area contributed by atoms with Gasteiger partial charge in [0, 0.05) is 13.1 Å². The van der Waals surface area contributed by atoms with Gasteiger partial charge in [-0.05, 0) is 38.5 Å². The van der Waals surface area contributed by atoms with E-state index in [1.165, 1.54) is 0 Å². The molecule has 0 aliphatic rings. The van der Waals surface area contributed by atoms with E-state index >= 15 is 0 Å². The van der Waals surface area contributed by atoms with Gasteiger partial charge in [-0.3, -0.25) is 9.59 Å². The Hall–Kier alpha value is -2.24. The van der Waals surface area contributed by atoms with E-state index in [1.54, 1.807) is 21.0 Å². The quantitative estimate of drug-likeness (QED) is 0.612. The molecule has 0 heterocycles. The van der Waals surface area contributed by atoms with Gasteiger partial charge in [0.15, 0.2) is 0 Å². The van der Waals surface area contributed by atoms with Crippen molar-refractivity contribution in [2.24, 2.45) is 0 Å². The normalized spacial score (nSPS) is 10.2. The maximum Gasteiger partial charge on any atom is 0.307 e. The van der Waals surface area contributed by atoms with Gasteiger partial charge in [-0.1, -0.05) is 6.07 Å². The second-order valence-corrected chi connectivity index (χ2v) is 5.27. The van der Waals surface area contributed by atoms with Crippen molar-refractivity contribution in [3.8, 4) is 5.75 Å². The van der Waals surface area contributed by atoms with Crippen LogP contribution in [0.3, 0.4) is 0 Å². The summed E-state index contributed by atoms with van der Waals surface area (Å²) in [6, 6.07) is 5.82. The van der Waals surface area contributed by atoms with Crippen molar-refractivity contribution >= 4 is 17.6 Å². The molecule has 0 saturated carbocycles. The van der Waals surface area contributed by atoms with E-state index in [2.05, 4.69) is 0 Å². The molecule has 0 radical (unpaired) electrons. The van der Waals surface area contributed by atoms with Crippen molar-refractivity contribution in [1.29, 1.82) is 0 Å². The molecule has 0 aliphatic heterocycles. The number of nitrogens with zero attached hydrogens (tertiary/aromatic N) is 1. The number of rotatable bonds is 10. The molecule has 0 fully saturated rings. The Labute approximate surface area is 143 Å². The van der Waals surface area contributed by atoms with Crippen LogP contribution in [-0.2, 0) is 19.1 Å². The number of hydrogen-bond acceptors (Lipinski definition) is 6. The van der Waals surface area contributed by atoms with Crippen molar-refractivity contribution in [1.82, 2.24) is 0 Å². The highest BCUT2D eigenvalue weighted by Gasteiger charge is 2.16. The van der Waals surface area contributed by atoms with E-state index in [0.29, 0.717) is 32.1 Å². The third-order valence-corrected chi connectivity index (χ3v) is 3.46. The molecule has 0 aromatic heterocycles. The fourth-order valence-electron chi connectivity index (χ4n) is 2.32. The maximum absolute atomic E-state index is 11.7. The van der Waals surface area contributed by atoms with Gasteiger partial charge in [0.25, 0.3) is 0 Å². The molecule has 0 unspecified atom stereocenters. The molecule has 1 rings (SSSR count). The molecule has 0 bridgehead atoms. The van der Waals surface area contributed by atoms with Crippen LogP contribution >= 0.6 is 0 Å². The van der Waals surface area contributed by atoms with Gasteiger partial charge in [0.1, 0.15) is 5.75 Å². The summed E-state index contributed by atoms with van der Waals surface area (Å²) in [7, 11) is 1.60. The molecule has 1 aromatic carbocycles. The molecule has 6 nitrogen and oxygen atoms in total. The molecule has 0 N–H and O–H groups in total. The molecule has 1 aromatic rings. The Kier molecular flexibility index (Phi) is 8.68. The minimum absolute atomic E-state index is 0.244. The van der Waals surface area contributed by atoms with E-state index in [-0.39, 0.29) is 24.8 Å². The van der Waals surface area contributed by atoms with Crippen molar-refractivity contribution < 1.29 is 23.8 Å². The number of methoxy groups -OCH3 is 1. The molecule has 0 saturated heterocycles. The first kappa shape index (κ1) is 19.8. The number of ether oxygens (including phenoxy) is 3. The summed E-state index contributed by atoms with van der Waals surface area (Å²) in [6.07, 6.45) is 0.488. The molecule has 0 atom stereocenters. The van der Waals surface area contributed by atoms with Gasteiger partial charge >= 0.3 is 11.9 Å². The van der Waals surface area contributed by atoms with Crippen LogP contribution < -0.4 is 9.64 Å². The molecule has 0 spiro atoms. The third-order valence-electron chi connectivity index (χ3n) is 3.46. The van der Waals surface area contributed by atoms with Crippen molar-refractivity contribution in [2.75, 3.05) is 38.3 Å². The summed E-state index contributed by atoms with van der Waals surface area (Å²) >= 11 is 0. The Morgan fingerprint density at radius 2 is 1.54 bits per heavy atom. The maximum atomic E-state index is 11.7. The number of carbonyl (C=O) groups is 2. The number of hydrogen-bond donors (Lipinski definition) is 0. The van der Waals surface area contributed by atoms with Crippen LogP contribution in [0.1, 0.15) is 32.3 Å². The Morgan fingerprint density at radius 3 is 2.00 bits per heavy atom. The topological polar surface area (TPSA) is 65.1 Å². The number of esters is 2. The summed E-state index contributed by atoms with van der Waals surface area (Å²) < 4.78 is 15.4. The molecular weight excluding hydrogens is 310 g/mol. The SMILES string of the molecule is CCOC(=O)CCN(CCC(=O)OCC)c1cc(C)ccc1OC. The Morgan fingerprint density at radius 1 is 1.00 bits per heavy atom. The largest absolute Gasteiger partial charge is 0.495 e. The molecule has 6 heteroatoms. The summed E-state index contributed by atoms with van der Waals surface area (Å²) in [5.74, 6) is 0.184. The second kappa shape index (κ2) is 10.5. The van der Waals surface area contributed by atoms with Gasteiger partial charge in [0.05, 0.1) is 38.9 Å². The van der Waals surface area contributed by atoms with Crippen molar-refractivity contribution in [3.05, 3.63) is 23.8 Å². The molecular formula is C18H27NO5. The zero-order valence-electron chi connectivity index (χ0n) is 15.0. The van der Waals surface area contributed by atoms with Crippen LogP contribution in [0, 0.1) is 6.92 Å². The predicted octanol–water partition coefficient (Wildman–Crippen LogP) is 2.72. The fraction of sp³-hybridized carbons (Fsp3) is 0.556. The van der Waals surface area contributed by atoms with Gasteiger partial charge in [-0.25, -0.2) is 0 Å². The minimum Gasteiger partial charge on any atom is -0.495 e. The molecule has 24 heavy (non-hydrogen) atoms. The minimum atomic E-state index is -0.259. The van der Waals surface area contributed by atoms with Crippen LogP contribution in [0.5, 0.6) is 5.75 Å². The Bertz CT molecular complexity index is 522. The summed E-state index contributed by atoms with van der Waals surface area (Å²) in [4.78, 5) is 25.3. The predicted molar refractivity (Wildman–Crippen MR) is 92.4 cm³/mol. The smallest absolute Gasteiger partial charge is 0.307 e. The Balaban J connectivity index is 2.89. The van der Waals surface area contributed by atoms with Gasteiger partial charge in [0.2, 0.25) is 0 Å². The highest BCUT2D eigenvalue weighted by atomic mass is 16.5. The van der Waals surface area contributed by atoms with E-state index in [1.807, 2.05) is 30.0 Å². The number of anilines is 1. The fourth-order valence-corrected chi connectivity index (χ4v) is 2.32. The van der Waals surface area contributed by atoms with Gasteiger partial charge in [-0.2, -0.15) is 0 Å². The van der Waals surface area contributed by atoms with E-state index in [4.69, 9.17) is 14.2 Å². The zero-order chi connectivity index (χ0) is 17.9. The first-order chi connectivity index (χ1) is 11.5. The van der Waals surface area contributed by atoms with Crippen molar-refractivity contribution in [3.63, 3.8) is 0 Å². The highest BCUT2D eigenvalue weighted by molar-refractivity contribution is 5.72. The summed E-state index contributed by atoms with van der Waals surface area (Å²) in [5.41, 5.74) is 1.93. The first-order valence-electron chi connectivity index (χ1n) is 8.22. The third kappa shape index (κ3) is 6.48. The standard InChI is InChI=1S/C18H27NO5/c1-5-23-17(20)9-11-19(12-10-18(21)24-6-2)15-13-14(3)7-8-16(15)22-4/h7-8,13H,5-6,9-12H2,1-4H3. The van der Waals surface area contributed by atoms with Crippen molar-refractivity contribution in [2.45, 2.75) is 33.6 Å². The molecule has 0 amide bonds. The van der Waals surface area contributed by atoms with Crippen LogP contribution in [0.2, 0.25) is 0 Å². The zero-order valence-corrected chi connectivity index (χ0v) is 15.0. The average molecular weight is 337 g/mol. The number of aryl methyl sites for hydroxylation is 1. The molecule has 134 valence electrons. The van der Waals surface area contributed by atoms with Crippen LogP contribution in [0.4, 0.5) is 5.69 Å². The van der Waals surface area contributed by atoms with E-state index in [9.17, 15) is 9.59 Å². The number of benzene rings is 1. The lowest BCUT2D eigenvalue weighted by Gasteiger charge is -2.26. The summed E-state index contributed by atoms with van der Waals surface area (Å²) in [5, 5.41) is 0. The summed E-state index contributed by atoms with van der Waals surface area (Å²) in [6.45, 7) is 7.14. The lowest BCUT2D eigenvalue weighted by Crippen LogP contribution is -2.30. The molecule has 0 aliphatic carbocycles.